The van der Waals surface area contributed by atoms with Crippen LogP contribution in [0.4, 0.5) is 0 Å². The first-order chi connectivity index (χ1) is 8.70. The van der Waals surface area contributed by atoms with Crippen molar-refractivity contribution in [2.45, 2.75) is 32.7 Å². The highest BCUT2D eigenvalue weighted by Gasteiger charge is 2.13. The second-order valence-electron chi connectivity index (χ2n) is 3.92. The van der Waals surface area contributed by atoms with Crippen molar-refractivity contribution in [1.82, 2.24) is 20.2 Å². The van der Waals surface area contributed by atoms with Crippen molar-refractivity contribution >= 4 is 17.3 Å². The van der Waals surface area contributed by atoms with E-state index in [9.17, 15) is 4.79 Å². The van der Waals surface area contributed by atoms with Crippen LogP contribution in [0.15, 0.2) is 12.1 Å². The molecule has 0 radical (unpaired) electrons. The number of tetrazole rings is 1. The fourth-order valence-electron chi connectivity index (χ4n) is 1.60. The number of hydrogen-bond acceptors (Lipinski definition) is 5. The lowest BCUT2D eigenvalue weighted by Crippen LogP contribution is -2.11. The first-order valence-corrected chi connectivity index (χ1v) is 6.59. The highest BCUT2D eigenvalue weighted by molar-refractivity contribution is 7.15. The Morgan fingerprint density at radius 1 is 1.50 bits per heavy atom. The number of aromatic nitrogens is 4. The number of aryl methyl sites for hydroxylation is 1. The van der Waals surface area contributed by atoms with Crippen LogP contribution in [0.25, 0.3) is 10.7 Å². The van der Waals surface area contributed by atoms with E-state index < -0.39 is 5.97 Å². The van der Waals surface area contributed by atoms with E-state index in [-0.39, 0.29) is 6.54 Å². The van der Waals surface area contributed by atoms with Gasteiger partial charge in [0.25, 0.3) is 0 Å². The van der Waals surface area contributed by atoms with E-state index in [2.05, 4.69) is 28.5 Å². The summed E-state index contributed by atoms with van der Waals surface area (Å²) in [5.41, 5.74) is 0. The van der Waals surface area contributed by atoms with Crippen LogP contribution in [0.2, 0.25) is 0 Å². The summed E-state index contributed by atoms with van der Waals surface area (Å²) < 4.78 is 1.30. The molecule has 0 unspecified atom stereocenters. The number of carboxylic acid groups (broad SMARTS) is 1. The molecule has 0 aliphatic carbocycles. The molecule has 18 heavy (non-hydrogen) atoms. The molecule has 0 saturated carbocycles. The van der Waals surface area contributed by atoms with E-state index in [1.165, 1.54) is 9.56 Å². The zero-order valence-electron chi connectivity index (χ0n) is 10.0. The molecule has 1 N–H and O–H groups in total. The first-order valence-electron chi connectivity index (χ1n) is 5.77. The molecule has 0 atom stereocenters. The van der Waals surface area contributed by atoms with E-state index in [0.717, 1.165) is 24.1 Å². The second kappa shape index (κ2) is 5.72. The number of rotatable bonds is 6. The Balaban J connectivity index is 2.18. The maximum absolute atomic E-state index is 10.7. The molecule has 0 aromatic carbocycles. The average molecular weight is 266 g/mol. The van der Waals surface area contributed by atoms with Gasteiger partial charge in [0, 0.05) is 4.88 Å². The van der Waals surface area contributed by atoms with Crippen LogP contribution < -0.4 is 0 Å². The highest BCUT2D eigenvalue weighted by Crippen LogP contribution is 2.26. The van der Waals surface area contributed by atoms with Crippen molar-refractivity contribution in [2.75, 3.05) is 0 Å². The van der Waals surface area contributed by atoms with Crippen molar-refractivity contribution < 1.29 is 9.90 Å². The molecule has 0 saturated heterocycles. The predicted octanol–water partition coefficient (Wildman–Crippen LogP) is 1.83. The van der Waals surface area contributed by atoms with E-state index in [0.29, 0.717) is 5.82 Å². The van der Waals surface area contributed by atoms with E-state index >= 15 is 0 Å². The predicted molar refractivity (Wildman–Crippen MR) is 67.4 cm³/mol. The number of nitrogens with zero attached hydrogens (tertiary/aromatic N) is 4. The van der Waals surface area contributed by atoms with E-state index in [1.807, 2.05) is 6.07 Å². The Hall–Kier alpha value is -1.76. The maximum atomic E-state index is 10.7. The van der Waals surface area contributed by atoms with Crippen LogP contribution in [0.3, 0.4) is 0 Å². The Morgan fingerprint density at radius 3 is 3.06 bits per heavy atom. The van der Waals surface area contributed by atoms with Crippen LogP contribution in [0, 0.1) is 0 Å². The molecular weight excluding hydrogens is 252 g/mol. The smallest absolute Gasteiger partial charge is 0.325 e. The van der Waals surface area contributed by atoms with Crippen LogP contribution in [0.1, 0.15) is 24.6 Å². The summed E-state index contributed by atoms with van der Waals surface area (Å²) in [6, 6.07) is 4.00. The van der Waals surface area contributed by atoms with Gasteiger partial charge in [-0.25, -0.2) is 4.68 Å². The number of unbranched alkanes of at least 4 members (excludes halogenated alkanes) is 1. The monoisotopic (exact) mass is 266 g/mol. The van der Waals surface area contributed by atoms with Gasteiger partial charge in [0.2, 0.25) is 0 Å². The van der Waals surface area contributed by atoms with Gasteiger partial charge in [-0.3, -0.25) is 4.79 Å². The van der Waals surface area contributed by atoms with Gasteiger partial charge in [0.05, 0.1) is 4.88 Å². The van der Waals surface area contributed by atoms with Gasteiger partial charge in [0.15, 0.2) is 5.82 Å². The molecule has 96 valence electrons. The summed E-state index contributed by atoms with van der Waals surface area (Å²) in [5.74, 6) is -0.434. The lowest BCUT2D eigenvalue weighted by Gasteiger charge is -1.98. The summed E-state index contributed by atoms with van der Waals surface area (Å²) in [7, 11) is 0. The third-order valence-electron chi connectivity index (χ3n) is 2.48. The van der Waals surface area contributed by atoms with Gasteiger partial charge < -0.3 is 5.11 Å². The summed E-state index contributed by atoms with van der Waals surface area (Å²) in [6.07, 6.45) is 3.35. The third kappa shape index (κ3) is 2.92. The Morgan fingerprint density at radius 2 is 2.33 bits per heavy atom. The van der Waals surface area contributed by atoms with Crippen molar-refractivity contribution in [2.24, 2.45) is 0 Å². The SMILES string of the molecule is CCCCc1ccc(-c2nnnn2CC(=O)O)s1. The molecule has 0 aliphatic heterocycles. The molecule has 0 fully saturated rings. The first kappa shape index (κ1) is 12.7. The van der Waals surface area contributed by atoms with E-state index in [1.54, 1.807) is 11.3 Å². The molecule has 2 heterocycles. The fourth-order valence-corrected chi connectivity index (χ4v) is 2.64. The van der Waals surface area contributed by atoms with Crippen molar-refractivity contribution in [3.05, 3.63) is 17.0 Å². The Bertz CT molecular complexity index is 535. The van der Waals surface area contributed by atoms with Crippen LogP contribution >= 0.6 is 11.3 Å². The van der Waals surface area contributed by atoms with Gasteiger partial charge in [-0.2, -0.15) is 0 Å². The zero-order chi connectivity index (χ0) is 13.0. The molecule has 2 rings (SSSR count). The summed E-state index contributed by atoms with van der Waals surface area (Å²) in [4.78, 5) is 12.9. The highest BCUT2D eigenvalue weighted by atomic mass is 32.1. The molecule has 7 heteroatoms. The summed E-state index contributed by atoms with van der Waals surface area (Å²) in [6.45, 7) is 1.94. The Labute approximate surface area is 108 Å². The normalized spacial score (nSPS) is 10.7. The molecule has 2 aromatic heterocycles. The van der Waals surface area contributed by atoms with Gasteiger partial charge in [0.1, 0.15) is 6.54 Å². The zero-order valence-corrected chi connectivity index (χ0v) is 10.9. The largest absolute Gasteiger partial charge is 0.480 e. The standard InChI is InChI=1S/C11H14N4O2S/c1-2-3-4-8-5-6-9(18-8)11-12-13-14-15(11)7-10(16)17/h5-6H,2-4,7H2,1H3,(H,16,17). The topological polar surface area (TPSA) is 80.9 Å². The molecule has 0 spiro atoms. The van der Waals surface area contributed by atoms with E-state index in [4.69, 9.17) is 5.11 Å². The van der Waals surface area contributed by atoms with Gasteiger partial charge in [-0.05, 0) is 35.4 Å². The number of aliphatic carboxylic acids is 1. The van der Waals surface area contributed by atoms with Crippen molar-refractivity contribution in [1.29, 1.82) is 0 Å². The number of carboxylic acids is 1. The molecule has 0 bridgehead atoms. The minimum atomic E-state index is -0.952. The quantitative estimate of drug-likeness (QED) is 0.862. The van der Waals surface area contributed by atoms with Crippen molar-refractivity contribution in [3.8, 4) is 10.7 Å². The summed E-state index contributed by atoms with van der Waals surface area (Å²) in [5, 5.41) is 19.9. The van der Waals surface area contributed by atoms with Crippen LogP contribution in [0.5, 0.6) is 0 Å². The fraction of sp³-hybridized carbons (Fsp3) is 0.455. The molecular formula is C11H14N4O2S. The van der Waals surface area contributed by atoms with Gasteiger partial charge >= 0.3 is 5.97 Å². The molecule has 0 amide bonds. The van der Waals surface area contributed by atoms with Crippen LogP contribution in [-0.4, -0.2) is 31.3 Å². The number of thiophene rings is 1. The van der Waals surface area contributed by atoms with Gasteiger partial charge in [-0.1, -0.05) is 13.3 Å². The molecule has 6 nitrogen and oxygen atoms in total. The molecule has 2 aromatic rings. The maximum Gasteiger partial charge on any atom is 0.325 e. The van der Waals surface area contributed by atoms with Crippen LogP contribution in [-0.2, 0) is 17.8 Å². The lowest BCUT2D eigenvalue weighted by molar-refractivity contribution is -0.137. The third-order valence-corrected chi connectivity index (χ3v) is 3.62. The number of hydrogen-bond donors (Lipinski definition) is 1. The molecule has 0 aliphatic rings. The van der Waals surface area contributed by atoms with Gasteiger partial charge in [-0.15, -0.1) is 16.4 Å². The lowest BCUT2D eigenvalue weighted by atomic mass is 10.2. The second-order valence-corrected chi connectivity index (χ2v) is 5.09. The summed E-state index contributed by atoms with van der Waals surface area (Å²) >= 11 is 1.62. The average Bonchev–Trinajstić information content (AvgIpc) is 2.93. The minimum absolute atomic E-state index is 0.218. The van der Waals surface area contributed by atoms with Crippen molar-refractivity contribution in [3.63, 3.8) is 0 Å². The Kier molecular flexibility index (Phi) is 4.03. The number of carbonyl (C=O) groups is 1. The minimum Gasteiger partial charge on any atom is -0.480 e.